The van der Waals surface area contributed by atoms with E-state index >= 15 is 0 Å². The Hall–Kier alpha value is -3.19. The summed E-state index contributed by atoms with van der Waals surface area (Å²) in [7, 11) is 0. The number of carbonyl (C=O) groups excluding carboxylic acids is 2. The maximum absolute atomic E-state index is 12.2. The molecule has 0 aliphatic carbocycles. The summed E-state index contributed by atoms with van der Waals surface area (Å²) in [5.74, 6) is -1.62. The summed E-state index contributed by atoms with van der Waals surface area (Å²) >= 11 is 0. The van der Waals surface area contributed by atoms with Crippen molar-refractivity contribution in [1.82, 2.24) is 5.32 Å². The highest BCUT2D eigenvalue weighted by Crippen LogP contribution is 2.16. The second-order valence-electron chi connectivity index (χ2n) is 6.26. The van der Waals surface area contributed by atoms with Crippen LogP contribution in [0.25, 0.3) is 0 Å². The number of hydrogen-bond donors (Lipinski definition) is 3. The molecule has 7 nitrogen and oxygen atoms in total. The second-order valence-corrected chi connectivity index (χ2v) is 6.26. The average Bonchev–Trinajstić information content (AvgIpc) is 3.21. The highest BCUT2D eigenvalue weighted by atomic mass is 16.5. The number of rotatable bonds is 6. The number of aromatic carboxylic acids is 1. The smallest absolute Gasteiger partial charge is 0.335 e. The van der Waals surface area contributed by atoms with Crippen LogP contribution in [0.15, 0.2) is 48.5 Å². The van der Waals surface area contributed by atoms with Gasteiger partial charge in [-0.1, -0.05) is 18.2 Å². The zero-order chi connectivity index (χ0) is 19.2. The highest BCUT2D eigenvalue weighted by Gasteiger charge is 2.23. The molecule has 3 rings (SSSR count). The van der Waals surface area contributed by atoms with E-state index in [9.17, 15) is 14.4 Å². The van der Waals surface area contributed by atoms with E-state index in [2.05, 4.69) is 10.6 Å². The molecule has 27 heavy (non-hydrogen) atoms. The zero-order valence-electron chi connectivity index (χ0n) is 14.6. The van der Waals surface area contributed by atoms with E-state index in [1.54, 1.807) is 24.3 Å². The van der Waals surface area contributed by atoms with Crippen LogP contribution in [0.5, 0.6) is 0 Å². The van der Waals surface area contributed by atoms with Gasteiger partial charge in [0.15, 0.2) is 0 Å². The number of ether oxygens (including phenoxy) is 1. The third kappa shape index (κ3) is 4.92. The van der Waals surface area contributed by atoms with Crippen LogP contribution in [-0.2, 0) is 16.1 Å². The van der Waals surface area contributed by atoms with E-state index in [1.807, 2.05) is 6.07 Å². The first kappa shape index (κ1) is 18.6. The summed E-state index contributed by atoms with van der Waals surface area (Å²) in [6, 6.07) is 13.0. The van der Waals surface area contributed by atoms with Crippen molar-refractivity contribution in [3.05, 3.63) is 65.2 Å². The predicted molar refractivity (Wildman–Crippen MR) is 98.6 cm³/mol. The largest absolute Gasteiger partial charge is 0.478 e. The molecule has 7 heteroatoms. The molecular formula is C20H20N2O5. The molecule has 140 valence electrons. The fraction of sp³-hybridized carbons (Fsp3) is 0.250. The normalized spacial score (nSPS) is 15.9. The topological polar surface area (TPSA) is 105 Å². The fourth-order valence-corrected chi connectivity index (χ4v) is 2.84. The third-order valence-corrected chi connectivity index (χ3v) is 4.24. The number of carboxylic acid groups (broad SMARTS) is 1. The summed E-state index contributed by atoms with van der Waals surface area (Å²) in [6.07, 6.45) is 1.19. The molecule has 3 N–H and O–H groups in total. The van der Waals surface area contributed by atoms with Crippen LogP contribution in [-0.4, -0.2) is 35.6 Å². The molecular weight excluding hydrogens is 348 g/mol. The van der Waals surface area contributed by atoms with Crippen LogP contribution in [0.2, 0.25) is 0 Å². The van der Waals surface area contributed by atoms with Crippen molar-refractivity contribution in [2.45, 2.75) is 25.5 Å². The first-order valence-electron chi connectivity index (χ1n) is 8.66. The lowest BCUT2D eigenvalue weighted by molar-refractivity contribution is -0.124. The van der Waals surface area contributed by atoms with Gasteiger partial charge in [-0.05, 0) is 48.7 Å². The number of amides is 2. The number of hydrogen-bond acceptors (Lipinski definition) is 4. The van der Waals surface area contributed by atoms with Gasteiger partial charge in [-0.2, -0.15) is 0 Å². The Bertz CT molecular complexity index is 859. The van der Waals surface area contributed by atoms with Crippen molar-refractivity contribution >= 4 is 23.5 Å². The molecule has 0 spiro atoms. The second kappa shape index (κ2) is 8.46. The summed E-state index contributed by atoms with van der Waals surface area (Å²) in [5.41, 5.74) is 1.78. The Morgan fingerprint density at radius 1 is 1.07 bits per heavy atom. The van der Waals surface area contributed by atoms with E-state index < -0.39 is 12.1 Å². The molecule has 1 atom stereocenters. The lowest BCUT2D eigenvalue weighted by atomic mass is 10.1. The van der Waals surface area contributed by atoms with Crippen LogP contribution in [0.1, 0.15) is 39.1 Å². The standard InChI is InChI=1S/C20H20N2O5/c23-18(14-5-2-6-15(11-14)20(25)26)21-12-13-4-1-7-16(10-13)22-19(24)17-8-3-9-27-17/h1-2,4-7,10-11,17H,3,8-9,12H2,(H,21,23)(H,22,24)(H,25,26). The van der Waals surface area contributed by atoms with Crippen molar-refractivity contribution in [1.29, 1.82) is 0 Å². The summed E-state index contributed by atoms with van der Waals surface area (Å²) < 4.78 is 5.36. The molecule has 1 fully saturated rings. The van der Waals surface area contributed by atoms with E-state index in [0.717, 1.165) is 18.4 Å². The molecule has 1 saturated heterocycles. The van der Waals surface area contributed by atoms with E-state index in [0.29, 0.717) is 12.3 Å². The third-order valence-electron chi connectivity index (χ3n) is 4.24. The molecule has 0 aromatic heterocycles. The zero-order valence-corrected chi connectivity index (χ0v) is 14.6. The van der Waals surface area contributed by atoms with Crippen molar-refractivity contribution in [3.63, 3.8) is 0 Å². The maximum atomic E-state index is 12.2. The van der Waals surface area contributed by atoms with E-state index in [4.69, 9.17) is 9.84 Å². The first-order chi connectivity index (χ1) is 13.0. The Morgan fingerprint density at radius 3 is 2.59 bits per heavy atom. The average molecular weight is 368 g/mol. The van der Waals surface area contributed by atoms with Crippen LogP contribution < -0.4 is 10.6 Å². The van der Waals surface area contributed by atoms with Gasteiger partial charge in [0.05, 0.1) is 5.56 Å². The van der Waals surface area contributed by atoms with Crippen LogP contribution in [0.3, 0.4) is 0 Å². The van der Waals surface area contributed by atoms with Gasteiger partial charge in [0.1, 0.15) is 6.10 Å². The summed E-state index contributed by atoms with van der Waals surface area (Å²) in [4.78, 5) is 35.4. The molecule has 0 saturated carbocycles. The van der Waals surface area contributed by atoms with Gasteiger partial charge in [-0.25, -0.2) is 4.79 Å². The molecule has 2 aromatic rings. The lowest BCUT2D eigenvalue weighted by Crippen LogP contribution is -2.27. The van der Waals surface area contributed by atoms with Crippen molar-refractivity contribution in [3.8, 4) is 0 Å². The number of benzene rings is 2. The predicted octanol–water partition coefficient (Wildman–Crippen LogP) is 2.43. The van der Waals surface area contributed by atoms with Gasteiger partial charge in [0.2, 0.25) is 0 Å². The quantitative estimate of drug-likeness (QED) is 0.726. The molecule has 1 aliphatic rings. The van der Waals surface area contributed by atoms with Gasteiger partial charge in [0.25, 0.3) is 11.8 Å². The van der Waals surface area contributed by atoms with E-state index in [-0.39, 0.29) is 29.5 Å². The van der Waals surface area contributed by atoms with Gasteiger partial charge in [0, 0.05) is 24.4 Å². The van der Waals surface area contributed by atoms with Crippen LogP contribution >= 0.6 is 0 Å². The Kier molecular flexibility index (Phi) is 5.83. The van der Waals surface area contributed by atoms with Gasteiger partial charge < -0.3 is 20.5 Å². The van der Waals surface area contributed by atoms with Crippen molar-refractivity contribution in [2.24, 2.45) is 0 Å². The fourth-order valence-electron chi connectivity index (χ4n) is 2.84. The van der Waals surface area contributed by atoms with Gasteiger partial charge in [-0.15, -0.1) is 0 Å². The molecule has 2 amide bonds. The Morgan fingerprint density at radius 2 is 1.85 bits per heavy atom. The van der Waals surface area contributed by atoms with Gasteiger partial charge in [-0.3, -0.25) is 9.59 Å². The SMILES string of the molecule is O=C(O)c1cccc(C(=O)NCc2cccc(NC(=O)C3CCCO3)c2)c1. The molecule has 2 aromatic carbocycles. The van der Waals surface area contributed by atoms with E-state index in [1.165, 1.54) is 18.2 Å². The molecule has 1 unspecified atom stereocenters. The minimum absolute atomic E-state index is 0.0569. The highest BCUT2D eigenvalue weighted by molar-refractivity contribution is 5.97. The van der Waals surface area contributed by atoms with Crippen LogP contribution in [0.4, 0.5) is 5.69 Å². The maximum Gasteiger partial charge on any atom is 0.335 e. The minimum Gasteiger partial charge on any atom is -0.478 e. The summed E-state index contributed by atoms with van der Waals surface area (Å²) in [6.45, 7) is 0.854. The number of anilines is 1. The molecule has 1 aliphatic heterocycles. The number of carbonyl (C=O) groups is 3. The van der Waals surface area contributed by atoms with Crippen molar-refractivity contribution in [2.75, 3.05) is 11.9 Å². The minimum atomic E-state index is -1.08. The summed E-state index contributed by atoms with van der Waals surface area (Å²) in [5, 5.41) is 14.6. The van der Waals surface area contributed by atoms with Crippen LogP contribution in [0, 0.1) is 0 Å². The molecule has 1 heterocycles. The first-order valence-corrected chi connectivity index (χ1v) is 8.66. The lowest BCUT2D eigenvalue weighted by Gasteiger charge is -2.12. The molecule has 0 bridgehead atoms. The van der Waals surface area contributed by atoms with Crippen molar-refractivity contribution < 1.29 is 24.2 Å². The monoisotopic (exact) mass is 368 g/mol. The Labute approximate surface area is 156 Å². The van der Waals surface area contributed by atoms with Gasteiger partial charge >= 0.3 is 5.97 Å². The molecule has 0 radical (unpaired) electrons. The Balaban J connectivity index is 1.59. The number of nitrogens with one attached hydrogen (secondary N) is 2. The number of carboxylic acids is 1.